The first kappa shape index (κ1) is 17.0. The molecule has 23 heavy (non-hydrogen) atoms. The first-order valence-corrected chi connectivity index (χ1v) is 7.97. The van der Waals surface area contributed by atoms with Gasteiger partial charge < -0.3 is 19.5 Å². The summed E-state index contributed by atoms with van der Waals surface area (Å²) in [5.41, 5.74) is 2.24. The van der Waals surface area contributed by atoms with Crippen LogP contribution < -0.4 is 14.7 Å². The number of carbonyl (C=O) groups is 1. The highest BCUT2D eigenvalue weighted by molar-refractivity contribution is 5.65. The Hall–Kier alpha value is -2.33. The summed E-state index contributed by atoms with van der Waals surface area (Å²) in [6.45, 7) is 3.87. The molecule has 0 aromatic heterocycles. The highest BCUT2D eigenvalue weighted by Crippen LogP contribution is 2.16. The van der Waals surface area contributed by atoms with Crippen molar-refractivity contribution in [1.29, 1.82) is 0 Å². The number of carboxylic acids is 1. The predicted octanol–water partition coefficient (Wildman–Crippen LogP) is 0.463. The molecule has 0 bridgehead atoms. The number of aliphatic carboxylic acids is 1. The Balaban J connectivity index is 2.05. The second kappa shape index (κ2) is 8.96. The van der Waals surface area contributed by atoms with Crippen LogP contribution in [0.3, 0.4) is 0 Å². The molecule has 1 atom stereocenters. The van der Waals surface area contributed by atoms with Crippen LogP contribution >= 0.6 is 0 Å². The van der Waals surface area contributed by atoms with Crippen molar-refractivity contribution >= 4 is 5.97 Å². The maximum atomic E-state index is 11.1. The number of hydrogen-bond donors (Lipinski definition) is 1. The molecule has 2 aromatic carbocycles. The standard InChI is InChI=1S/C19H23NO3/c1-2-23-18-11-7-6-10-17(18)14-20(15-19(21)22)13-12-16-8-4-3-5-9-16/h3-11H,2,12-15H2,1H3,(H,21,22). The van der Waals surface area contributed by atoms with Gasteiger partial charge in [-0.2, -0.15) is 0 Å². The molecule has 0 spiro atoms. The number of hydrogen-bond acceptors (Lipinski definition) is 3. The number of carboxylic acid groups (broad SMARTS) is 1. The van der Waals surface area contributed by atoms with Crippen LogP contribution in [-0.4, -0.2) is 25.7 Å². The average molecular weight is 313 g/mol. The van der Waals surface area contributed by atoms with E-state index in [-0.39, 0.29) is 6.54 Å². The van der Waals surface area contributed by atoms with Gasteiger partial charge in [-0.3, -0.25) is 0 Å². The topological polar surface area (TPSA) is 53.8 Å². The predicted molar refractivity (Wildman–Crippen MR) is 87.2 cm³/mol. The highest BCUT2D eigenvalue weighted by atomic mass is 16.5. The molecule has 4 nitrogen and oxygen atoms in total. The third kappa shape index (κ3) is 5.75. The van der Waals surface area contributed by atoms with Gasteiger partial charge in [0.25, 0.3) is 0 Å². The van der Waals surface area contributed by atoms with Gasteiger partial charge in [0.15, 0.2) is 0 Å². The van der Waals surface area contributed by atoms with E-state index in [9.17, 15) is 9.90 Å². The molecule has 0 aliphatic heterocycles. The Kier molecular flexibility index (Phi) is 6.63. The van der Waals surface area contributed by atoms with Gasteiger partial charge >= 0.3 is 0 Å². The number of para-hydroxylation sites is 1. The molecule has 0 amide bonds. The average Bonchev–Trinajstić information content (AvgIpc) is 2.55. The number of carbonyl (C=O) groups excluding carboxylic acids is 1. The van der Waals surface area contributed by atoms with Crippen LogP contribution in [0.4, 0.5) is 0 Å². The third-order valence-electron chi connectivity index (χ3n) is 3.72. The Morgan fingerprint density at radius 1 is 1.09 bits per heavy atom. The van der Waals surface area contributed by atoms with E-state index in [1.807, 2.05) is 49.4 Å². The van der Waals surface area contributed by atoms with Crippen LogP contribution in [-0.2, 0) is 17.8 Å². The molecule has 0 aliphatic rings. The van der Waals surface area contributed by atoms with E-state index >= 15 is 0 Å². The van der Waals surface area contributed by atoms with Crippen LogP contribution in [0, 0.1) is 0 Å². The molecule has 122 valence electrons. The lowest BCUT2D eigenvalue weighted by atomic mass is 10.1. The lowest BCUT2D eigenvalue weighted by Crippen LogP contribution is -3.12. The van der Waals surface area contributed by atoms with Crippen LogP contribution in [0.1, 0.15) is 18.1 Å². The van der Waals surface area contributed by atoms with Crippen molar-refractivity contribution in [3.05, 3.63) is 65.7 Å². The van der Waals surface area contributed by atoms with Gasteiger partial charge in [-0.05, 0) is 24.6 Å². The number of ether oxygens (including phenoxy) is 1. The largest absolute Gasteiger partial charge is 0.544 e. The summed E-state index contributed by atoms with van der Waals surface area (Å²) in [5, 5.41) is 11.1. The summed E-state index contributed by atoms with van der Waals surface area (Å²) >= 11 is 0. The van der Waals surface area contributed by atoms with Crippen molar-refractivity contribution in [2.75, 3.05) is 19.7 Å². The van der Waals surface area contributed by atoms with Gasteiger partial charge in [0.05, 0.1) is 19.1 Å². The van der Waals surface area contributed by atoms with Crippen molar-refractivity contribution in [3.63, 3.8) is 0 Å². The summed E-state index contributed by atoms with van der Waals surface area (Å²) in [4.78, 5) is 12.0. The zero-order valence-corrected chi connectivity index (χ0v) is 13.5. The lowest BCUT2D eigenvalue weighted by molar-refractivity contribution is -0.908. The van der Waals surface area contributed by atoms with Crippen molar-refractivity contribution in [2.24, 2.45) is 0 Å². The minimum atomic E-state index is -1.03. The highest BCUT2D eigenvalue weighted by Gasteiger charge is 2.13. The summed E-state index contributed by atoms with van der Waals surface area (Å²) < 4.78 is 5.63. The molecule has 0 saturated heterocycles. The van der Waals surface area contributed by atoms with E-state index in [2.05, 4.69) is 12.1 Å². The quantitative estimate of drug-likeness (QED) is 0.732. The van der Waals surface area contributed by atoms with Crippen LogP contribution in [0.15, 0.2) is 54.6 Å². The van der Waals surface area contributed by atoms with Gasteiger partial charge in [0, 0.05) is 12.0 Å². The zero-order valence-electron chi connectivity index (χ0n) is 13.5. The molecule has 0 saturated carbocycles. The number of nitrogens with one attached hydrogen (secondary N) is 1. The van der Waals surface area contributed by atoms with E-state index in [1.54, 1.807) is 0 Å². The molecular formula is C19H23NO3. The third-order valence-corrected chi connectivity index (χ3v) is 3.72. The van der Waals surface area contributed by atoms with E-state index in [1.165, 1.54) is 5.56 Å². The lowest BCUT2D eigenvalue weighted by Gasteiger charge is -2.21. The summed E-state index contributed by atoms with van der Waals surface area (Å²) in [6.07, 6.45) is 0.834. The van der Waals surface area contributed by atoms with Crippen molar-refractivity contribution in [1.82, 2.24) is 0 Å². The van der Waals surface area contributed by atoms with Crippen LogP contribution in [0.5, 0.6) is 5.75 Å². The first-order valence-electron chi connectivity index (χ1n) is 7.97. The Morgan fingerprint density at radius 3 is 2.48 bits per heavy atom. The summed E-state index contributed by atoms with van der Waals surface area (Å²) in [6, 6.07) is 17.9. The molecular weight excluding hydrogens is 290 g/mol. The van der Waals surface area contributed by atoms with Crippen molar-refractivity contribution in [3.8, 4) is 5.75 Å². The molecule has 0 heterocycles. The fraction of sp³-hybridized carbons (Fsp3) is 0.316. The fourth-order valence-electron chi connectivity index (χ4n) is 2.62. The first-order chi connectivity index (χ1) is 11.2. The van der Waals surface area contributed by atoms with Crippen LogP contribution in [0.2, 0.25) is 0 Å². The number of benzene rings is 2. The van der Waals surface area contributed by atoms with Gasteiger partial charge in [-0.15, -0.1) is 0 Å². The second-order valence-electron chi connectivity index (χ2n) is 5.50. The summed E-state index contributed by atoms with van der Waals surface area (Å²) in [7, 11) is 0. The Bertz CT molecular complexity index is 613. The monoisotopic (exact) mass is 313 g/mol. The molecule has 0 aliphatic carbocycles. The van der Waals surface area contributed by atoms with Crippen LogP contribution in [0.25, 0.3) is 0 Å². The van der Waals surface area contributed by atoms with Gasteiger partial charge in [0.2, 0.25) is 0 Å². The zero-order chi connectivity index (χ0) is 16.5. The molecule has 1 unspecified atom stereocenters. The maximum Gasteiger partial charge on any atom is 0.128 e. The van der Waals surface area contributed by atoms with Gasteiger partial charge in [-0.1, -0.05) is 42.5 Å². The minimum Gasteiger partial charge on any atom is -0.544 e. The molecule has 1 N–H and O–H groups in total. The molecule has 0 radical (unpaired) electrons. The fourth-order valence-corrected chi connectivity index (χ4v) is 2.62. The van der Waals surface area contributed by atoms with Gasteiger partial charge in [-0.25, -0.2) is 0 Å². The molecule has 0 fully saturated rings. The number of rotatable bonds is 9. The molecule has 2 rings (SSSR count). The maximum absolute atomic E-state index is 11.1. The normalized spacial score (nSPS) is 11.9. The van der Waals surface area contributed by atoms with Gasteiger partial charge in [0.1, 0.15) is 18.8 Å². The molecule has 2 aromatic rings. The van der Waals surface area contributed by atoms with E-state index < -0.39 is 5.97 Å². The minimum absolute atomic E-state index is 0.00665. The van der Waals surface area contributed by atoms with E-state index in [0.29, 0.717) is 13.2 Å². The smallest absolute Gasteiger partial charge is 0.128 e. The number of quaternary nitrogens is 1. The van der Waals surface area contributed by atoms with Crippen molar-refractivity contribution < 1.29 is 19.5 Å². The second-order valence-corrected chi connectivity index (χ2v) is 5.50. The Morgan fingerprint density at radius 2 is 1.78 bits per heavy atom. The van der Waals surface area contributed by atoms with E-state index in [4.69, 9.17) is 4.74 Å². The molecule has 4 heteroatoms. The summed E-state index contributed by atoms with van der Waals surface area (Å²) in [5.74, 6) is -0.201. The SMILES string of the molecule is CCOc1ccccc1C[NH+](CCc1ccccc1)CC(=O)[O-]. The van der Waals surface area contributed by atoms with E-state index in [0.717, 1.165) is 29.2 Å². The van der Waals surface area contributed by atoms with Crippen molar-refractivity contribution in [2.45, 2.75) is 19.9 Å². The Labute approximate surface area is 137 Å².